The van der Waals surface area contributed by atoms with Gasteiger partial charge in [0.25, 0.3) is 0 Å². The molecule has 0 radical (unpaired) electrons. The maximum atomic E-state index is 12.2. The maximum Gasteiger partial charge on any atom is 0.319 e. The summed E-state index contributed by atoms with van der Waals surface area (Å²) < 4.78 is 4.97. The van der Waals surface area contributed by atoms with Gasteiger partial charge < -0.3 is 20.3 Å². The van der Waals surface area contributed by atoms with E-state index in [1.165, 1.54) is 0 Å². The van der Waals surface area contributed by atoms with Crippen LogP contribution in [0.1, 0.15) is 24.4 Å². The number of rotatable bonds is 4. The normalized spacial score (nSPS) is 11.8. The first kappa shape index (κ1) is 16.5. The van der Waals surface area contributed by atoms with Crippen molar-refractivity contribution in [2.24, 2.45) is 0 Å². The van der Waals surface area contributed by atoms with E-state index in [0.717, 1.165) is 11.1 Å². The van der Waals surface area contributed by atoms with Crippen molar-refractivity contribution in [2.45, 2.75) is 19.9 Å². The Kier molecular flexibility index (Phi) is 4.65. The Labute approximate surface area is 144 Å². The van der Waals surface area contributed by atoms with Gasteiger partial charge in [-0.25, -0.2) is 4.79 Å². The molecule has 1 aromatic heterocycles. The minimum Gasteiger partial charge on any atom is -0.508 e. The number of hydrogen-bond acceptors (Lipinski definition) is 5. The number of nitrogens with zero attached hydrogens (tertiary/aromatic N) is 2. The van der Waals surface area contributed by atoms with E-state index in [0.29, 0.717) is 17.4 Å². The molecule has 3 N–H and O–H groups in total. The van der Waals surface area contributed by atoms with E-state index in [-0.39, 0.29) is 17.8 Å². The minimum atomic E-state index is -0.350. The Bertz CT molecular complexity index is 891. The predicted molar refractivity (Wildman–Crippen MR) is 93.1 cm³/mol. The van der Waals surface area contributed by atoms with Gasteiger partial charge >= 0.3 is 6.03 Å². The first-order valence-electron chi connectivity index (χ1n) is 7.78. The Balaban J connectivity index is 1.67. The number of aryl methyl sites for hydroxylation is 1. The molecule has 3 rings (SSSR count). The molecule has 7 heteroatoms. The van der Waals surface area contributed by atoms with Crippen molar-refractivity contribution >= 4 is 11.7 Å². The SMILES string of the molecule is Cc1nc(-c2cccc(NC(=O)N[C@@H](C)c3cccc(O)c3)c2)no1. The van der Waals surface area contributed by atoms with Gasteiger partial charge in [0.05, 0.1) is 6.04 Å². The number of urea groups is 1. The summed E-state index contributed by atoms with van der Waals surface area (Å²) in [5, 5.41) is 19.0. The number of anilines is 1. The summed E-state index contributed by atoms with van der Waals surface area (Å²) in [6, 6.07) is 13.3. The van der Waals surface area contributed by atoms with Crippen molar-refractivity contribution in [3.05, 3.63) is 60.0 Å². The number of carbonyl (C=O) groups excluding carboxylic acids is 1. The largest absolute Gasteiger partial charge is 0.508 e. The second-order valence-corrected chi connectivity index (χ2v) is 5.63. The van der Waals surface area contributed by atoms with Gasteiger partial charge in [-0.1, -0.05) is 29.4 Å². The van der Waals surface area contributed by atoms with Crippen LogP contribution in [-0.4, -0.2) is 21.3 Å². The van der Waals surface area contributed by atoms with Crippen LogP contribution in [0.25, 0.3) is 11.4 Å². The molecule has 0 saturated carbocycles. The lowest BCUT2D eigenvalue weighted by atomic mass is 10.1. The van der Waals surface area contributed by atoms with Gasteiger partial charge in [0.2, 0.25) is 11.7 Å². The molecule has 0 fully saturated rings. The van der Waals surface area contributed by atoms with Crippen molar-refractivity contribution in [2.75, 3.05) is 5.32 Å². The molecule has 2 aromatic carbocycles. The molecule has 0 aliphatic rings. The summed E-state index contributed by atoms with van der Waals surface area (Å²) in [5.41, 5.74) is 2.17. The molecular weight excluding hydrogens is 320 g/mol. The molecule has 7 nitrogen and oxygen atoms in total. The quantitative estimate of drug-likeness (QED) is 0.674. The van der Waals surface area contributed by atoms with E-state index in [4.69, 9.17) is 4.52 Å². The van der Waals surface area contributed by atoms with Crippen molar-refractivity contribution < 1.29 is 14.4 Å². The van der Waals surface area contributed by atoms with E-state index in [1.807, 2.05) is 19.1 Å². The summed E-state index contributed by atoms with van der Waals surface area (Å²) in [5.74, 6) is 1.11. The van der Waals surface area contributed by atoms with Crippen LogP contribution >= 0.6 is 0 Å². The van der Waals surface area contributed by atoms with Crippen LogP contribution in [0.3, 0.4) is 0 Å². The number of nitrogens with one attached hydrogen (secondary N) is 2. The van der Waals surface area contributed by atoms with Gasteiger partial charge in [-0.3, -0.25) is 0 Å². The monoisotopic (exact) mass is 338 g/mol. The zero-order chi connectivity index (χ0) is 17.8. The first-order chi connectivity index (χ1) is 12.0. The Morgan fingerprint density at radius 1 is 1.20 bits per heavy atom. The second kappa shape index (κ2) is 7.04. The molecule has 1 atom stereocenters. The molecule has 1 heterocycles. The van der Waals surface area contributed by atoms with Gasteiger partial charge in [-0.15, -0.1) is 0 Å². The Morgan fingerprint density at radius 2 is 2.00 bits per heavy atom. The van der Waals surface area contributed by atoms with E-state index in [9.17, 15) is 9.90 Å². The van der Waals surface area contributed by atoms with Gasteiger partial charge in [0.15, 0.2) is 0 Å². The predicted octanol–water partition coefficient (Wildman–Crippen LogP) is 3.63. The number of amides is 2. The van der Waals surface area contributed by atoms with Gasteiger partial charge in [-0.05, 0) is 36.8 Å². The molecule has 0 aliphatic carbocycles. The van der Waals surface area contributed by atoms with Crippen molar-refractivity contribution in [1.29, 1.82) is 0 Å². The molecule has 25 heavy (non-hydrogen) atoms. The molecule has 3 aromatic rings. The van der Waals surface area contributed by atoms with Crippen molar-refractivity contribution in [3.8, 4) is 17.1 Å². The lowest BCUT2D eigenvalue weighted by molar-refractivity contribution is 0.249. The topological polar surface area (TPSA) is 100 Å². The smallest absolute Gasteiger partial charge is 0.319 e. The summed E-state index contributed by atoms with van der Waals surface area (Å²) >= 11 is 0. The van der Waals surface area contributed by atoms with Crippen molar-refractivity contribution in [3.63, 3.8) is 0 Å². The second-order valence-electron chi connectivity index (χ2n) is 5.63. The van der Waals surface area contributed by atoms with E-state index >= 15 is 0 Å². The van der Waals surface area contributed by atoms with Gasteiger partial charge in [0, 0.05) is 18.2 Å². The number of phenols is 1. The number of phenolic OH excluding ortho intramolecular Hbond substituents is 1. The number of hydrogen-bond donors (Lipinski definition) is 3. The highest BCUT2D eigenvalue weighted by Crippen LogP contribution is 2.21. The highest BCUT2D eigenvalue weighted by molar-refractivity contribution is 5.90. The Hall–Kier alpha value is -3.35. The summed E-state index contributed by atoms with van der Waals surface area (Å²) in [4.78, 5) is 16.4. The fourth-order valence-electron chi connectivity index (χ4n) is 2.39. The van der Waals surface area contributed by atoms with Crippen LogP contribution in [0.2, 0.25) is 0 Å². The van der Waals surface area contributed by atoms with Crippen LogP contribution < -0.4 is 10.6 Å². The van der Waals surface area contributed by atoms with E-state index in [1.54, 1.807) is 43.3 Å². The first-order valence-corrected chi connectivity index (χ1v) is 7.78. The number of carbonyl (C=O) groups is 1. The molecule has 0 bridgehead atoms. The van der Waals surface area contributed by atoms with Crippen LogP contribution in [-0.2, 0) is 0 Å². The average Bonchev–Trinajstić information content (AvgIpc) is 3.01. The zero-order valence-corrected chi connectivity index (χ0v) is 13.9. The Morgan fingerprint density at radius 3 is 2.72 bits per heavy atom. The fraction of sp³-hybridized carbons (Fsp3) is 0.167. The third-order valence-corrected chi connectivity index (χ3v) is 3.62. The highest BCUT2D eigenvalue weighted by Gasteiger charge is 2.11. The fourth-order valence-corrected chi connectivity index (χ4v) is 2.39. The summed E-state index contributed by atoms with van der Waals surface area (Å²) in [6.07, 6.45) is 0. The van der Waals surface area contributed by atoms with Crippen LogP contribution in [0.15, 0.2) is 53.1 Å². The molecule has 128 valence electrons. The molecule has 0 saturated heterocycles. The van der Waals surface area contributed by atoms with Crippen molar-refractivity contribution in [1.82, 2.24) is 15.5 Å². The lowest BCUT2D eigenvalue weighted by Crippen LogP contribution is -2.31. The van der Waals surface area contributed by atoms with Crippen LogP contribution in [0.4, 0.5) is 10.5 Å². The lowest BCUT2D eigenvalue weighted by Gasteiger charge is -2.15. The average molecular weight is 338 g/mol. The molecule has 0 spiro atoms. The zero-order valence-electron chi connectivity index (χ0n) is 13.9. The number of aromatic nitrogens is 2. The minimum absolute atomic E-state index is 0.162. The number of aromatic hydroxyl groups is 1. The molecule has 2 amide bonds. The van der Waals surface area contributed by atoms with Crippen LogP contribution in [0, 0.1) is 6.92 Å². The number of benzene rings is 2. The third-order valence-electron chi connectivity index (χ3n) is 3.62. The van der Waals surface area contributed by atoms with E-state index in [2.05, 4.69) is 20.8 Å². The molecular formula is C18H18N4O3. The molecule has 0 aliphatic heterocycles. The summed E-state index contributed by atoms with van der Waals surface area (Å²) in [7, 11) is 0. The third kappa shape index (κ3) is 4.14. The van der Waals surface area contributed by atoms with Crippen LogP contribution in [0.5, 0.6) is 5.75 Å². The molecule has 0 unspecified atom stereocenters. The van der Waals surface area contributed by atoms with E-state index < -0.39 is 0 Å². The van der Waals surface area contributed by atoms with Gasteiger partial charge in [0.1, 0.15) is 5.75 Å². The van der Waals surface area contributed by atoms with Gasteiger partial charge in [-0.2, -0.15) is 4.98 Å². The highest BCUT2D eigenvalue weighted by atomic mass is 16.5. The maximum absolute atomic E-state index is 12.2. The summed E-state index contributed by atoms with van der Waals surface area (Å²) in [6.45, 7) is 3.56. The standard InChI is InChI=1S/C18H18N4O3/c1-11(13-5-4-8-16(23)10-13)19-18(24)21-15-7-3-6-14(9-15)17-20-12(2)25-22-17/h3-11,23H,1-2H3,(H2,19,21,24)/t11-/m0/s1.